The summed E-state index contributed by atoms with van der Waals surface area (Å²) in [5.41, 5.74) is 4.18. The third-order valence-corrected chi connectivity index (χ3v) is 3.84. The minimum atomic E-state index is -3.72. The lowest BCUT2D eigenvalue weighted by molar-refractivity contribution is 0.529. The molecule has 1 heterocycles. The second-order valence-electron chi connectivity index (χ2n) is 3.94. The molecule has 0 aliphatic rings. The van der Waals surface area contributed by atoms with Crippen molar-refractivity contribution in [1.82, 2.24) is 14.5 Å². The topological polar surface area (TPSA) is 114 Å². The molecule has 1 aromatic rings. The van der Waals surface area contributed by atoms with Crippen molar-refractivity contribution in [2.24, 2.45) is 12.8 Å². The van der Waals surface area contributed by atoms with Gasteiger partial charge >= 0.3 is 0 Å². The molecule has 0 aliphatic heterocycles. The molecule has 16 heavy (non-hydrogen) atoms. The van der Waals surface area contributed by atoms with Crippen LogP contribution in [0.1, 0.15) is 13.8 Å². The van der Waals surface area contributed by atoms with Crippen molar-refractivity contribution < 1.29 is 8.42 Å². The summed E-state index contributed by atoms with van der Waals surface area (Å²) in [6.07, 6.45) is 1.38. The molecule has 0 atom stereocenters. The molecule has 0 bridgehead atoms. The number of nitrogens with zero attached hydrogens (tertiary/aromatic N) is 2. The molecule has 0 fully saturated rings. The van der Waals surface area contributed by atoms with Crippen molar-refractivity contribution in [2.75, 3.05) is 0 Å². The highest BCUT2D eigenvalue weighted by molar-refractivity contribution is 7.89. The van der Waals surface area contributed by atoms with Gasteiger partial charge in [0.2, 0.25) is 0 Å². The second-order valence-corrected chi connectivity index (χ2v) is 5.57. The van der Waals surface area contributed by atoms with Crippen LogP contribution in [-0.2, 0) is 17.1 Å². The first-order valence-corrected chi connectivity index (χ1v) is 6.01. The fourth-order valence-electron chi connectivity index (χ4n) is 1.07. The summed E-state index contributed by atoms with van der Waals surface area (Å²) >= 11 is 0. The molecule has 7 nitrogen and oxygen atoms in total. The molecule has 0 aromatic carbocycles. The number of aromatic nitrogens is 2. The van der Waals surface area contributed by atoms with Gasteiger partial charge in [0.15, 0.2) is 5.03 Å². The largest absolute Gasteiger partial charge is 0.386 e. The summed E-state index contributed by atoms with van der Waals surface area (Å²) in [5.74, 6) is -0.252. The summed E-state index contributed by atoms with van der Waals surface area (Å²) in [4.78, 5) is 0. The minimum Gasteiger partial charge on any atom is -0.386 e. The van der Waals surface area contributed by atoms with E-state index in [4.69, 9.17) is 11.1 Å². The normalized spacial score (nSPS) is 12.7. The lowest BCUT2D eigenvalue weighted by Gasteiger charge is -2.24. The summed E-state index contributed by atoms with van der Waals surface area (Å²) in [7, 11) is -2.20. The molecular formula is C8H15N5O2S. The Morgan fingerprint density at radius 3 is 2.56 bits per heavy atom. The average molecular weight is 245 g/mol. The van der Waals surface area contributed by atoms with Crippen LogP contribution in [0.5, 0.6) is 0 Å². The number of sulfonamides is 1. The maximum Gasteiger partial charge on any atom is 0.258 e. The van der Waals surface area contributed by atoms with E-state index >= 15 is 0 Å². The number of nitrogens with two attached hydrogens (primary N) is 1. The van der Waals surface area contributed by atoms with E-state index in [2.05, 4.69) is 9.82 Å². The van der Waals surface area contributed by atoms with Gasteiger partial charge in [-0.25, -0.2) is 8.42 Å². The molecular weight excluding hydrogens is 230 g/mol. The molecule has 0 saturated heterocycles. The highest BCUT2D eigenvalue weighted by Crippen LogP contribution is 2.11. The highest BCUT2D eigenvalue weighted by Gasteiger charge is 2.30. The Bertz CT molecular complexity index is 502. The first-order chi connectivity index (χ1) is 7.17. The smallest absolute Gasteiger partial charge is 0.258 e. The second kappa shape index (κ2) is 3.87. The van der Waals surface area contributed by atoms with Crippen LogP contribution in [0, 0.1) is 5.41 Å². The average Bonchev–Trinajstić information content (AvgIpc) is 2.49. The third kappa shape index (κ3) is 2.39. The fraction of sp³-hybridized carbons (Fsp3) is 0.500. The quantitative estimate of drug-likeness (QED) is 0.486. The zero-order valence-electron chi connectivity index (χ0n) is 9.35. The monoisotopic (exact) mass is 245 g/mol. The number of amidine groups is 1. The van der Waals surface area contributed by atoms with E-state index in [0.29, 0.717) is 0 Å². The van der Waals surface area contributed by atoms with Crippen LogP contribution < -0.4 is 10.5 Å². The van der Waals surface area contributed by atoms with Crippen LogP contribution >= 0.6 is 0 Å². The van der Waals surface area contributed by atoms with Crippen molar-refractivity contribution in [3.05, 3.63) is 12.3 Å². The van der Waals surface area contributed by atoms with Gasteiger partial charge in [0.25, 0.3) is 10.0 Å². The lowest BCUT2D eigenvalue weighted by atomic mass is 10.1. The molecule has 1 rings (SSSR count). The minimum absolute atomic E-state index is 0.0295. The molecule has 0 unspecified atom stereocenters. The van der Waals surface area contributed by atoms with Gasteiger partial charge in [0, 0.05) is 7.05 Å². The van der Waals surface area contributed by atoms with Crippen LogP contribution in [0.15, 0.2) is 17.3 Å². The molecule has 0 saturated carbocycles. The standard InChI is InChI=1S/C8H15N5O2S/c1-8(2,7(9)10)12-16(14,15)6-4-5-11-13(6)3/h4-5,12H,1-3H3,(H3,9,10). The summed E-state index contributed by atoms with van der Waals surface area (Å²) < 4.78 is 27.4. The van der Waals surface area contributed by atoms with Crippen molar-refractivity contribution in [3.63, 3.8) is 0 Å². The Kier molecular flexibility index (Phi) is 3.06. The lowest BCUT2D eigenvalue weighted by Crippen LogP contribution is -2.52. The summed E-state index contributed by atoms with van der Waals surface area (Å²) in [6.45, 7) is 3.03. The van der Waals surface area contributed by atoms with E-state index in [1.54, 1.807) is 0 Å². The maximum absolute atomic E-state index is 11.9. The Hall–Kier alpha value is -1.41. The third-order valence-electron chi connectivity index (χ3n) is 2.11. The summed E-state index contributed by atoms with van der Waals surface area (Å²) in [5, 5.41) is 11.1. The number of rotatable bonds is 4. The molecule has 4 N–H and O–H groups in total. The van der Waals surface area contributed by atoms with Gasteiger partial charge in [-0.15, -0.1) is 0 Å². The molecule has 0 spiro atoms. The van der Waals surface area contributed by atoms with E-state index < -0.39 is 15.6 Å². The number of nitrogens with one attached hydrogen (secondary N) is 2. The van der Waals surface area contributed by atoms with Gasteiger partial charge in [0.05, 0.1) is 11.7 Å². The molecule has 0 radical (unpaired) electrons. The van der Waals surface area contributed by atoms with E-state index in [9.17, 15) is 8.42 Å². The van der Waals surface area contributed by atoms with Crippen molar-refractivity contribution in [3.8, 4) is 0 Å². The SMILES string of the molecule is Cn1nccc1S(=O)(=O)NC(C)(C)C(=N)N. The van der Waals surface area contributed by atoms with Crippen molar-refractivity contribution >= 4 is 15.9 Å². The van der Waals surface area contributed by atoms with E-state index in [1.807, 2.05) is 0 Å². The molecule has 8 heteroatoms. The predicted molar refractivity (Wildman–Crippen MR) is 59.5 cm³/mol. The van der Waals surface area contributed by atoms with Crippen molar-refractivity contribution in [2.45, 2.75) is 24.4 Å². The van der Waals surface area contributed by atoms with Gasteiger partial charge in [-0.3, -0.25) is 10.1 Å². The molecule has 1 aromatic heterocycles. The molecule has 0 aliphatic carbocycles. The highest BCUT2D eigenvalue weighted by atomic mass is 32.2. The zero-order valence-corrected chi connectivity index (χ0v) is 10.2. The first-order valence-electron chi connectivity index (χ1n) is 4.53. The maximum atomic E-state index is 11.9. The van der Waals surface area contributed by atoms with Crippen LogP contribution in [0.25, 0.3) is 0 Å². The fourth-order valence-corrected chi connectivity index (χ4v) is 2.59. The number of hydrogen-bond acceptors (Lipinski definition) is 4. The van der Waals surface area contributed by atoms with E-state index in [1.165, 1.54) is 37.8 Å². The van der Waals surface area contributed by atoms with Gasteiger partial charge in [-0.05, 0) is 19.9 Å². The Balaban J connectivity index is 3.07. The van der Waals surface area contributed by atoms with E-state index in [-0.39, 0.29) is 10.9 Å². The first kappa shape index (κ1) is 12.7. The van der Waals surface area contributed by atoms with Crippen molar-refractivity contribution in [1.29, 1.82) is 5.41 Å². The van der Waals surface area contributed by atoms with Crippen LogP contribution in [0.4, 0.5) is 0 Å². The van der Waals surface area contributed by atoms with Gasteiger partial charge in [-0.1, -0.05) is 0 Å². The van der Waals surface area contributed by atoms with Crippen LogP contribution in [0.2, 0.25) is 0 Å². The molecule has 90 valence electrons. The Morgan fingerprint density at radius 2 is 2.19 bits per heavy atom. The predicted octanol–water partition coefficient (Wildman–Crippen LogP) is -0.587. The number of aryl methyl sites for hydroxylation is 1. The zero-order chi connectivity index (χ0) is 12.6. The van der Waals surface area contributed by atoms with Gasteiger partial charge in [-0.2, -0.15) is 9.82 Å². The van der Waals surface area contributed by atoms with Crippen LogP contribution in [-0.4, -0.2) is 29.6 Å². The Labute approximate surface area is 94.2 Å². The Morgan fingerprint density at radius 1 is 1.62 bits per heavy atom. The van der Waals surface area contributed by atoms with Crippen LogP contribution in [0.3, 0.4) is 0 Å². The number of hydrogen-bond donors (Lipinski definition) is 3. The van der Waals surface area contributed by atoms with E-state index in [0.717, 1.165) is 0 Å². The molecule has 0 amide bonds. The summed E-state index contributed by atoms with van der Waals surface area (Å²) in [6, 6.07) is 1.37. The van der Waals surface area contributed by atoms with Gasteiger partial charge in [0.1, 0.15) is 5.84 Å². The van der Waals surface area contributed by atoms with Gasteiger partial charge < -0.3 is 5.73 Å².